The van der Waals surface area contributed by atoms with E-state index in [-0.39, 0.29) is 5.92 Å². The largest absolute Gasteiger partial charge is 0.251 e. The molecule has 250 valence electrons. The van der Waals surface area contributed by atoms with Crippen molar-refractivity contribution >= 4 is 27.4 Å². The van der Waals surface area contributed by atoms with Crippen molar-refractivity contribution < 1.29 is 0 Å². The van der Waals surface area contributed by atoms with Crippen LogP contribution < -0.4 is 0 Å². The molecule has 0 N–H and O–H groups in total. The highest BCUT2D eigenvalue weighted by atomic mass is 14.8. The van der Waals surface area contributed by atoms with E-state index in [9.17, 15) is 0 Å². The average Bonchev–Trinajstić information content (AvgIpc) is 3.21. The van der Waals surface area contributed by atoms with Crippen molar-refractivity contribution in [3.05, 3.63) is 192 Å². The van der Waals surface area contributed by atoms with E-state index in [1.54, 1.807) is 0 Å². The number of hydrogen-bond acceptors (Lipinski definition) is 3. The first-order chi connectivity index (χ1) is 25.6. The second-order valence-corrected chi connectivity index (χ2v) is 14.1. The van der Waals surface area contributed by atoms with Gasteiger partial charge in [0.25, 0.3) is 0 Å². The van der Waals surface area contributed by atoms with E-state index in [2.05, 4.69) is 172 Å². The zero-order valence-corrected chi connectivity index (χ0v) is 29.5. The lowest BCUT2D eigenvalue weighted by Crippen LogP contribution is -2.11. The Labute approximate surface area is 305 Å². The third-order valence-corrected chi connectivity index (χ3v) is 10.6. The van der Waals surface area contributed by atoms with E-state index in [0.29, 0.717) is 5.92 Å². The summed E-state index contributed by atoms with van der Waals surface area (Å²) in [5.74, 6) is 0.575. The number of fused-ring (bicyclic) bond motifs is 3. The minimum absolute atomic E-state index is 0.248. The highest BCUT2D eigenvalue weighted by molar-refractivity contribution is 6.05. The Bertz CT molecular complexity index is 2520. The standard InChI is InChI=1S/C49H39N3/c1-32-27-39(22-24-42(32)47-31-41(34-13-6-3-7-14-34)30-46(51-47)36-17-10-5-11-18-36)38-19-12-20-40(29-38)44-28-33(2)50-49-43(44)25-21-37-23-26-45(52-48(37)49)35-15-8-4-9-16-35/h3-26,28,30-32,40H,27,29H2,1-2H3. The number of aryl methyl sites for hydroxylation is 1. The normalized spacial score (nSPS) is 17.2. The highest BCUT2D eigenvalue weighted by Gasteiger charge is 2.25. The molecule has 4 aromatic carbocycles. The SMILES string of the molecule is Cc1cc(C2C=CC=C(C3=CC=C(c4cc(-c5ccccc5)cc(-c5ccccc5)n4)C(C)C3)C2)c2ccc3ccc(-c4ccccc4)nc3c2n1. The van der Waals surface area contributed by atoms with E-state index >= 15 is 0 Å². The fraction of sp³-hybridized carbons (Fsp3) is 0.122. The first-order valence-electron chi connectivity index (χ1n) is 18.3. The lowest BCUT2D eigenvalue weighted by molar-refractivity contribution is 0.710. The minimum Gasteiger partial charge on any atom is -0.251 e. The predicted octanol–water partition coefficient (Wildman–Crippen LogP) is 12.5. The van der Waals surface area contributed by atoms with Gasteiger partial charge in [-0.25, -0.2) is 9.97 Å². The van der Waals surface area contributed by atoms with Crippen molar-refractivity contribution in [2.75, 3.05) is 0 Å². The van der Waals surface area contributed by atoms with Crippen LogP contribution in [0.3, 0.4) is 0 Å². The van der Waals surface area contributed by atoms with Crippen LogP contribution in [-0.4, -0.2) is 15.0 Å². The van der Waals surface area contributed by atoms with Crippen LogP contribution in [0.5, 0.6) is 0 Å². The van der Waals surface area contributed by atoms with Crippen LogP contribution in [-0.2, 0) is 0 Å². The zero-order valence-electron chi connectivity index (χ0n) is 29.5. The predicted molar refractivity (Wildman–Crippen MR) is 217 cm³/mol. The molecule has 3 nitrogen and oxygen atoms in total. The van der Waals surface area contributed by atoms with Crippen LogP contribution in [0.1, 0.15) is 42.6 Å². The molecule has 0 saturated carbocycles. The molecule has 0 bridgehead atoms. The van der Waals surface area contributed by atoms with Crippen molar-refractivity contribution in [2.45, 2.75) is 32.6 Å². The average molecular weight is 670 g/mol. The summed E-state index contributed by atoms with van der Waals surface area (Å²) >= 11 is 0. The van der Waals surface area contributed by atoms with Gasteiger partial charge in [-0.15, -0.1) is 0 Å². The molecule has 3 heteroatoms. The first kappa shape index (κ1) is 31.8. The molecule has 3 aromatic heterocycles. The second kappa shape index (κ2) is 13.5. The Balaban J connectivity index is 1.05. The van der Waals surface area contributed by atoms with Crippen molar-refractivity contribution in [3.8, 4) is 33.6 Å². The molecular formula is C49H39N3. The van der Waals surface area contributed by atoms with Gasteiger partial charge in [-0.1, -0.05) is 146 Å². The van der Waals surface area contributed by atoms with Gasteiger partial charge in [0.1, 0.15) is 0 Å². The van der Waals surface area contributed by atoms with Gasteiger partial charge in [0.2, 0.25) is 0 Å². The van der Waals surface area contributed by atoms with Crippen molar-refractivity contribution in [2.24, 2.45) is 5.92 Å². The van der Waals surface area contributed by atoms with Crippen molar-refractivity contribution in [3.63, 3.8) is 0 Å². The summed E-state index contributed by atoms with van der Waals surface area (Å²) in [7, 11) is 0. The molecule has 52 heavy (non-hydrogen) atoms. The van der Waals surface area contributed by atoms with E-state index < -0.39 is 0 Å². The minimum atomic E-state index is 0.248. The molecule has 0 aliphatic heterocycles. The number of aromatic nitrogens is 3. The smallest absolute Gasteiger partial charge is 0.0972 e. The Kier molecular flexibility index (Phi) is 8.25. The molecular weight excluding hydrogens is 631 g/mol. The highest BCUT2D eigenvalue weighted by Crippen LogP contribution is 2.42. The third kappa shape index (κ3) is 6.09. The van der Waals surface area contributed by atoms with Gasteiger partial charge in [-0.05, 0) is 83.4 Å². The quantitative estimate of drug-likeness (QED) is 0.165. The van der Waals surface area contributed by atoms with Crippen LogP contribution in [0.2, 0.25) is 0 Å². The number of hydrogen-bond donors (Lipinski definition) is 0. The van der Waals surface area contributed by atoms with Crippen molar-refractivity contribution in [1.29, 1.82) is 0 Å². The van der Waals surface area contributed by atoms with Crippen LogP contribution in [0, 0.1) is 12.8 Å². The lowest BCUT2D eigenvalue weighted by Gasteiger charge is -2.27. The Morgan fingerprint density at radius 2 is 1.17 bits per heavy atom. The number of allylic oxidation sites excluding steroid dienone is 8. The molecule has 2 aliphatic rings. The fourth-order valence-electron chi connectivity index (χ4n) is 7.91. The molecule has 0 spiro atoms. The topological polar surface area (TPSA) is 38.7 Å². The maximum absolute atomic E-state index is 5.24. The lowest BCUT2D eigenvalue weighted by atomic mass is 9.78. The fourth-order valence-corrected chi connectivity index (χ4v) is 7.91. The van der Waals surface area contributed by atoms with Gasteiger partial charge in [0.15, 0.2) is 0 Å². The number of rotatable bonds is 6. The zero-order chi connectivity index (χ0) is 35.0. The molecule has 2 unspecified atom stereocenters. The van der Waals surface area contributed by atoms with Crippen LogP contribution in [0.15, 0.2) is 175 Å². The van der Waals surface area contributed by atoms with Gasteiger partial charge >= 0.3 is 0 Å². The molecule has 0 fully saturated rings. The van der Waals surface area contributed by atoms with E-state index in [1.165, 1.54) is 38.8 Å². The van der Waals surface area contributed by atoms with Gasteiger partial charge in [0, 0.05) is 33.5 Å². The Morgan fingerprint density at radius 1 is 0.519 bits per heavy atom. The van der Waals surface area contributed by atoms with Crippen LogP contribution in [0.25, 0.3) is 61.0 Å². The summed E-state index contributed by atoms with van der Waals surface area (Å²) < 4.78 is 0. The molecule has 0 saturated heterocycles. The van der Waals surface area contributed by atoms with Gasteiger partial charge in [-0.2, -0.15) is 0 Å². The van der Waals surface area contributed by atoms with Gasteiger partial charge < -0.3 is 0 Å². The first-order valence-corrected chi connectivity index (χ1v) is 18.3. The summed E-state index contributed by atoms with van der Waals surface area (Å²) in [6.07, 6.45) is 13.5. The Morgan fingerprint density at radius 3 is 1.90 bits per heavy atom. The monoisotopic (exact) mass is 669 g/mol. The molecule has 2 atom stereocenters. The maximum Gasteiger partial charge on any atom is 0.0972 e. The van der Waals surface area contributed by atoms with Gasteiger partial charge in [0.05, 0.1) is 28.1 Å². The third-order valence-electron chi connectivity index (χ3n) is 10.6. The summed E-state index contributed by atoms with van der Waals surface area (Å²) in [6.45, 7) is 4.45. The number of nitrogens with zero attached hydrogens (tertiary/aromatic N) is 3. The van der Waals surface area contributed by atoms with Gasteiger partial charge in [-0.3, -0.25) is 4.98 Å². The van der Waals surface area contributed by atoms with Crippen LogP contribution >= 0.6 is 0 Å². The molecule has 2 aliphatic carbocycles. The van der Waals surface area contributed by atoms with E-state index in [0.717, 1.165) is 63.2 Å². The summed E-state index contributed by atoms with van der Waals surface area (Å²) in [5.41, 5.74) is 16.0. The second-order valence-electron chi connectivity index (χ2n) is 14.1. The molecule has 7 aromatic rings. The molecule has 3 heterocycles. The van der Waals surface area contributed by atoms with E-state index in [4.69, 9.17) is 15.0 Å². The molecule has 9 rings (SSSR count). The molecule has 0 amide bonds. The van der Waals surface area contributed by atoms with E-state index in [1.807, 2.05) is 6.07 Å². The number of pyridine rings is 3. The summed E-state index contributed by atoms with van der Waals surface area (Å²) in [6, 6.07) is 47.0. The summed E-state index contributed by atoms with van der Waals surface area (Å²) in [5, 5.41) is 2.29. The maximum atomic E-state index is 5.24. The Hall–Kier alpha value is -6.19. The van der Waals surface area contributed by atoms with Crippen LogP contribution in [0.4, 0.5) is 0 Å². The molecule has 0 radical (unpaired) electrons. The number of benzene rings is 4. The van der Waals surface area contributed by atoms with Crippen molar-refractivity contribution in [1.82, 2.24) is 15.0 Å². The summed E-state index contributed by atoms with van der Waals surface area (Å²) in [4.78, 5) is 15.5.